The molecule has 0 radical (unpaired) electrons. The minimum atomic E-state index is -0.256. The molecule has 1 aliphatic rings. The van der Waals surface area contributed by atoms with E-state index in [1.165, 1.54) is 4.90 Å². The molecule has 0 aromatic rings. The van der Waals surface area contributed by atoms with Crippen LogP contribution in [0.1, 0.15) is 13.8 Å². The number of nitrogens with zero attached hydrogens (tertiary/aromatic N) is 1. The van der Waals surface area contributed by atoms with Crippen molar-refractivity contribution in [2.75, 3.05) is 19.8 Å². The van der Waals surface area contributed by atoms with Crippen LogP contribution in [0.2, 0.25) is 0 Å². The third-order valence-electron chi connectivity index (χ3n) is 1.74. The SMILES string of the molecule is CC(C)=CCN1C(=O)COCC1=O. The zero-order valence-corrected chi connectivity index (χ0v) is 7.87. The van der Waals surface area contributed by atoms with E-state index in [9.17, 15) is 9.59 Å². The fourth-order valence-corrected chi connectivity index (χ4v) is 0.998. The Balaban J connectivity index is 2.59. The van der Waals surface area contributed by atoms with Crippen molar-refractivity contribution in [3.05, 3.63) is 11.6 Å². The molecule has 1 heterocycles. The molecule has 0 atom stereocenters. The van der Waals surface area contributed by atoms with Crippen LogP contribution in [0.4, 0.5) is 0 Å². The van der Waals surface area contributed by atoms with Gasteiger partial charge in [0.05, 0.1) is 0 Å². The number of amides is 2. The number of hydrogen-bond acceptors (Lipinski definition) is 3. The van der Waals surface area contributed by atoms with Gasteiger partial charge in [-0.3, -0.25) is 14.5 Å². The quantitative estimate of drug-likeness (QED) is 0.458. The van der Waals surface area contributed by atoms with E-state index >= 15 is 0 Å². The average Bonchev–Trinajstić information content (AvgIpc) is 2.03. The van der Waals surface area contributed by atoms with Crippen LogP contribution in [0.3, 0.4) is 0 Å². The molecular weight excluding hydrogens is 170 g/mol. The summed E-state index contributed by atoms with van der Waals surface area (Å²) < 4.78 is 4.77. The van der Waals surface area contributed by atoms with E-state index in [4.69, 9.17) is 4.74 Å². The summed E-state index contributed by atoms with van der Waals surface area (Å²) in [5.74, 6) is -0.512. The molecule has 0 N–H and O–H groups in total. The first-order chi connectivity index (χ1) is 6.11. The van der Waals surface area contributed by atoms with E-state index in [1.54, 1.807) is 0 Å². The van der Waals surface area contributed by atoms with Gasteiger partial charge in [-0.1, -0.05) is 11.6 Å². The molecule has 4 heteroatoms. The summed E-state index contributed by atoms with van der Waals surface area (Å²) in [6, 6.07) is 0. The Morgan fingerprint density at radius 3 is 2.38 bits per heavy atom. The second-order valence-electron chi connectivity index (χ2n) is 3.17. The molecule has 1 aliphatic heterocycles. The number of hydrogen-bond donors (Lipinski definition) is 0. The molecule has 72 valence electrons. The minimum Gasteiger partial charge on any atom is -0.362 e. The predicted octanol–water partition coefficient (Wildman–Crippen LogP) is 0.338. The fourth-order valence-electron chi connectivity index (χ4n) is 0.998. The van der Waals surface area contributed by atoms with Gasteiger partial charge in [-0.05, 0) is 13.8 Å². The minimum absolute atomic E-state index is 0.0162. The molecule has 0 bridgehead atoms. The van der Waals surface area contributed by atoms with E-state index in [0.29, 0.717) is 6.54 Å². The maximum absolute atomic E-state index is 11.2. The Labute approximate surface area is 77.2 Å². The van der Waals surface area contributed by atoms with Crippen LogP contribution >= 0.6 is 0 Å². The summed E-state index contributed by atoms with van der Waals surface area (Å²) in [4.78, 5) is 23.6. The van der Waals surface area contributed by atoms with E-state index in [0.717, 1.165) is 5.57 Å². The summed E-state index contributed by atoms with van der Waals surface area (Å²) in [7, 11) is 0. The summed E-state index contributed by atoms with van der Waals surface area (Å²) in [6.07, 6.45) is 1.85. The molecule has 13 heavy (non-hydrogen) atoms. The first-order valence-electron chi connectivity index (χ1n) is 4.15. The lowest BCUT2D eigenvalue weighted by Gasteiger charge is -2.23. The molecule has 2 amide bonds. The predicted molar refractivity (Wildman–Crippen MR) is 47.0 cm³/mol. The summed E-state index contributed by atoms with van der Waals surface area (Å²) >= 11 is 0. The third-order valence-corrected chi connectivity index (χ3v) is 1.74. The van der Waals surface area contributed by atoms with Crippen LogP contribution in [-0.4, -0.2) is 36.5 Å². The number of carbonyl (C=O) groups excluding carboxylic acids is 2. The molecule has 0 unspecified atom stereocenters. The van der Waals surface area contributed by atoms with Gasteiger partial charge in [-0.25, -0.2) is 0 Å². The van der Waals surface area contributed by atoms with Gasteiger partial charge in [0.15, 0.2) is 0 Å². The highest BCUT2D eigenvalue weighted by Crippen LogP contribution is 2.01. The van der Waals surface area contributed by atoms with Gasteiger partial charge in [0, 0.05) is 6.54 Å². The van der Waals surface area contributed by atoms with Gasteiger partial charge >= 0.3 is 0 Å². The van der Waals surface area contributed by atoms with Crippen molar-refractivity contribution in [1.82, 2.24) is 4.90 Å². The monoisotopic (exact) mass is 183 g/mol. The van der Waals surface area contributed by atoms with Crippen molar-refractivity contribution in [2.24, 2.45) is 0 Å². The van der Waals surface area contributed by atoms with Crippen LogP contribution in [-0.2, 0) is 14.3 Å². The van der Waals surface area contributed by atoms with Crippen LogP contribution in [0.25, 0.3) is 0 Å². The van der Waals surface area contributed by atoms with Crippen molar-refractivity contribution < 1.29 is 14.3 Å². The maximum atomic E-state index is 11.2. The highest BCUT2D eigenvalue weighted by atomic mass is 16.5. The lowest BCUT2D eigenvalue weighted by molar-refractivity contribution is -0.157. The van der Waals surface area contributed by atoms with Crippen LogP contribution < -0.4 is 0 Å². The number of allylic oxidation sites excluding steroid dienone is 1. The number of carbonyl (C=O) groups is 2. The van der Waals surface area contributed by atoms with Gasteiger partial charge in [0.1, 0.15) is 13.2 Å². The highest BCUT2D eigenvalue weighted by molar-refractivity contribution is 5.98. The Bertz CT molecular complexity index is 238. The first-order valence-corrected chi connectivity index (χ1v) is 4.15. The van der Waals surface area contributed by atoms with E-state index in [2.05, 4.69) is 0 Å². The standard InChI is InChI=1S/C9H13NO3/c1-7(2)3-4-10-8(11)5-13-6-9(10)12/h3H,4-6H2,1-2H3. The van der Waals surface area contributed by atoms with E-state index in [1.807, 2.05) is 19.9 Å². The Kier molecular flexibility index (Phi) is 3.19. The maximum Gasteiger partial charge on any atom is 0.255 e. The molecule has 1 fully saturated rings. The van der Waals surface area contributed by atoms with Crippen molar-refractivity contribution in [3.8, 4) is 0 Å². The zero-order valence-electron chi connectivity index (χ0n) is 7.87. The Morgan fingerprint density at radius 1 is 1.38 bits per heavy atom. The molecule has 1 rings (SSSR count). The third kappa shape index (κ3) is 2.66. The van der Waals surface area contributed by atoms with E-state index in [-0.39, 0.29) is 25.0 Å². The molecule has 4 nitrogen and oxygen atoms in total. The van der Waals surface area contributed by atoms with Gasteiger partial charge in [0.2, 0.25) is 0 Å². The molecule has 1 saturated heterocycles. The molecule has 0 aromatic heterocycles. The van der Waals surface area contributed by atoms with Crippen LogP contribution in [0.15, 0.2) is 11.6 Å². The Morgan fingerprint density at radius 2 is 1.92 bits per heavy atom. The van der Waals surface area contributed by atoms with Crippen molar-refractivity contribution in [3.63, 3.8) is 0 Å². The molecule has 0 spiro atoms. The van der Waals surface area contributed by atoms with Crippen molar-refractivity contribution in [1.29, 1.82) is 0 Å². The highest BCUT2D eigenvalue weighted by Gasteiger charge is 2.25. The van der Waals surface area contributed by atoms with Gasteiger partial charge in [0.25, 0.3) is 11.8 Å². The molecular formula is C9H13NO3. The first kappa shape index (κ1) is 9.92. The number of morpholine rings is 1. The van der Waals surface area contributed by atoms with E-state index < -0.39 is 0 Å². The second kappa shape index (κ2) is 4.18. The molecule has 0 aromatic carbocycles. The van der Waals surface area contributed by atoms with Crippen molar-refractivity contribution >= 4 is 11.8 Å². The van der Waals surface area contributed by atoms with Gasteiger partial charge < -0.3 is 4.74 Å². The smallest absolute Gasteiger partial charge is 0.255 e. The lowest BCUT2D eigenvalue weighted by atomic mass is 10.3. The van der Waals surface area contributed by atoms with Gasteiger partial charge in [-0.2, -0.15) is 0 Å². The normalized spacial score (nSPS) is 17.5. The number of rotatable bonds is 2. The fraction of sp³-hybridized carbons (Fsp3) is 0.556. The molecule has 0 saturated carbocycles. The average molecular weight is 183 g/mol. The number of ether oxygens (including phenoxy) is 1. The summed E-state index contributed by atoms with van der Waals surface area (Å²) in [6.45, 7) is 4.25. The number of imide groups is 1. The lowest BCUT2D eigenvalue weighted by Crippen LogP contribution is -2.46. The van der Waals surface area contributed by atoms with Crippen LogP contribution in [0.5, 0.6) is 0 Å². The van der Waals surface area contributed by atoms with Crippen molar-refractivity contribution in [2.45, 2.75) is 13.8 Å². The summed E-state index contributed by atoms with van der Waals surface area (Å²) in [5, 5.41) is 0. The zero-order chi connectivity index (χ0) is 9.84. The topological polar surface area (TPSA) is 46.6 Å². The van der Waals surface area contributed by atoms with Crippen LogP contribution in [0, 0.1) is 0 Å². The Hall–Kier alpha value is -1.16. The largest absolute Gasteiger partial charge is 0.362 e. The van der Waals surface area contributed by atoms with Gasteiger partial charge in [-0.15, -0.1) is 0 Å². The second-order valence-corrected chi connectivity index (χ2v) is 3.17. The summed E-state index contributed by atoms with van der Waals surface area (Å²) in [5.41, 5.74) is 1.09. The molecule has 0 aliphatic carbocycles.